The lowest BCUT2D eigenvalue weighted by atomic mass is 9.71. The summed E-state index contributed by atoms with van der Waals surface area (Å²) in [6.07, 6.45) is 3.35. The third kappa shape index (κ3) is 2.07. The Balaban J connectivity index is 2.58. The second-order valence-corrected chi connectivity index (χ2v) is 5.81. The molecule has 18 heavy (non-hydrogen) atoms. The second kappa shape index (κ2) is 5.00. The molecule has 0 aliphatic heterocycles. The molecule has 0 spiro atoms. The van der Waals surface area contributed by atoms with E-state index in [9.17, 15) is 9.18 Å². The van der Waals surface area contributed by atoms with Crippen molar-refractivity contribution in [2.75, 3.05) is 0 Å². The van der Waals surface area contributed by atoms with Crippen LogP contribution in [0, 0.1) is 11.7 Å². The summed E-state index contributed by atoms with van der Waals surface area (Å²) in [6, 6.07) is 4.66. The largest absolute Gasteiger partial charge is 0.298 e. The number of hydrogen-bond acceptors (Lipinski definition) is 1. The topological polar surface area (TPSA) is 17.1 Å². The number of rotatable bonds is 3. The van der Waals surface area contributed by atoms with Crippen LogP contribution in [0.5, 0.6) is 0 Å². The third-order valence-corrected chi connectivity index (χ3v) is 4.21. The van der Waals surface area contributed by atoms with Gasteiger partial charge in [-0.15, -0.1) is 0 Å². The highest BCUT2D eigenvalue weighted by atomic mass is 35.5. The molecular weight excluding hydrogens is 251 g/mol. The van der Waals surface area contributed by atoms with Crippen LogP contribution in [-0.4, -0.2) is 5.78 Å². The molecule has 0 saturated heterocycles. The zero-order chi connectivity index (χ0) is 13.3. The number of halogens is 2. The van der Waals surface area contributed by atoms with E-state index >= 15 is 0 Å². The fourth-order valence-electron chi connectivity index (χ4n) is 3.11. The predicted molar refractivity (Wildman–Crippen MR) is 71.4 cm³/mol. The summed E-state index contributed by atoms with van der Waals surface area (Å²) >= 11 is 6.16. The predicted octanol–water partition coefficient (Wildman–Crippen LogP) is 4.52. The van der Waals surface area contributed by atoms with Crippen LogP contribution in [0.3, 0.4) is 0 Å². The Morgan fingerprint density at radius 1 is 1.33 bits per heavy atom. The lowest BCUT2D eigenvalue weighted by Gasteiger charge is -2.31. The Kier molecular flexibility index (Phi) is 3.76. The van der Waals surface area contributed by atoms with Gasteiger partial charge in [-0.1, -0.05) is 44.4 Å². The van der Waals surface area contributed by atoms with Crippen molar-refractivity contribution in [3.05, 3.63) is 34.6 Å². The van der Waals surface area contributed by atoms with E-state index in [1.807, 2.05) is 13.8 Å². The van der Waals surface area contributed by atoms with Gasteiger partial charge in [0.05, 0.1) is 5.41 Å². The molecule has 1 saturated carbocycles. The highest BCUT2D eigenvalue weighted by molar-refractivity contribution is 6.31. The minimum Gasteiger partial charge on any atom is -0.298 e. The molecule has 0 bridgehead atoms. The highest BCUT2D eigenvalue weighted by Gasteiger charge is 2.45. The molecule has 0 amide bonds. The van der Waals surface area contributed by atoms with Crippen LogP contribution >= 0.6 is 11.6 Å². The molecule has 0 atom stereocenters. The molecule has 1 aromatic carbocycles. The number of carbonyl (C=O) groups excluding carboxylic acids is 1. The molecule has 1 nitrogen and oxygen atoms in total. The number of Topliss-reactive ketones (excluding diaryl/α,β-unsaturated/α-hetero) is 1. The van der Waals surface area contributed by atoms with Gasteiger partial charge in [0.1, 0.15) is 11.6 Å². The normalized spacial score (nSPS) is 18.3. The summed E-state index contributed by atoms with van der Waals surface area (Å²) in [5.74, 6) is -0.329. The van der Waals surface area contributed by atoms with Crippen LogP contribution in [0.4, 0.5) is 4.39 Å². The highest BCUT2D eigenvalue weighted by Crippen LogP contribution is 2.46. The van der Waals surface area contributed by atoms with Crippen molar-refractivity contribution in [2.24, 2.45) is 5.92 Å². The molecule has 98 valence electrons. The summed E-state index contributed by atoms with van der Waals surface area (Å²) in [7, 11) is 0. The van der Waals surface area contributed by atoms with Crippen LogP contribution < -0.4 is 0 Å². The average molecular weight is 269 g/mol. The van der Waals surface area contributed by atoms with Crippen LogP contribution in [0.2, 0.25) is 5.02 Å². The van der Waals surface area contributed by atoms with Crippen molar-refractivity contribution < 1.29 is 9.18 Å². The molecule has 3 heteroatoms. The second-order valence-electron chi connectivity index (χ2n) is 5.40. The Bertz CT molecular complexity index is 441. The monoisotopic (exact) mass is 268 g/mol. The molecule has 1 aliphatic carbocycles. The quantitative estimate of drug-likeness (QED) is 0.788. The van der Waals surface area contributed by atoms with E-state index in [4.69, 9.17) is 11.6 Å². The van der Waals surface area contributed by atoms with E-state index in [0.29, 0.717) is 23.4 Å². The maximum Gasteiger partial charge on any atom is 0.146 e. The van der Waals surface area contributed by atoms with Crippen LogP contribution in [-0.2, 0) is 10.2 Å². The van der Waals surface area contributed by atoms with Gasteiger partial charge in [-0.2, -0.15) is 0 Å². The molecule has 1 aliphatic rings. The zero-order valence-corrected chi connectivity index (χ0v) is 11.6. The van der Waals surface area contributed by atoms with Crippen LogP contribution in [0.15, 0.2) is 18.2 Å². The smallest absolute Gasteiger partial charge is 0.146 e. The minimum absolute atomic E-state index is 0.0984. The average Bonchev–Trinajstić information content (AvgIpc) is 2.78. The summed E-state index contributed by atoms with van der Waals surface area (Å²) in [5.41, 5.74) is -0.279. The van der Waals surface area contributed by atoms with E-state index < -0.39 is 5.41 Å². The van der Waals surface area contributed by atoms with Crippen molar-refractivity contribution in [2.45, 2.75) is 44.9 Å². The van der Waals surface area contributed by atoms with Crippen LogP contribution in [0.25, 0.3) is 0 Å². The van der Waals surface area contributed by atoms with Crippen molar-refractivity contribution >= 4 is 17.4 Å². The molecule has 0 aromatic heterocycles. The van der Waals surface area contributed by atoms with Gasteiger partial charge in [0.25, 0.3) is 0 Å². The Hall–Kier alpha value is -0.890. The SMILES string of the molecule is CC(C)C(=O)C1(c2c(F)cccc2Cl)CCCC1. The number of hydrogen-bond donors (Lipinski definition) is 0. The summed E-state index contributed by atoms with van der Waals surface area (Å²) in [4.78, 5) is 12.5. The molecule has 2 rings (SSSR count). The van der Waals surface area contributed by atoms with E-state index in [-0.39, 0.29) is 17.5 Å². The minimum atomic E-state index is -0.698. The van der Waals surface area contributed by atoms with Crippen LogP contribution in [0.1, 0.15) is 45.1 Å². The van der Waals surface area contributed by atoms with Gasteiger partial charge in [0.15, 0.2) is 0 Å². The Morgan fingerprint density at radius 3 is 2.44 bits per heavy atom. The number of carbonyl (C=O) groups is 1. The first kappa shape index (κ1) is 13.5. The summed E-state index contributed by atoms with van der Waals surface area (Å²) < 4.78 is 14.1. The molecule has 1 fully saturated rings. The fraction of sp³-hybridized carbons (Fsp3) is 0.533. The lowest BCUT2D eigenvalue weighted by molar-refractivity contribution is -0.127. The summed E-state index contributed by atoms with van der Waals surface area (Å²) in [5, 5.41) is 0.380. The van der Waals surface area contributed by atoms with E-state index in [1.165, 1.54) is 6.07 Å². The van der Waals surface area contributed by atoms with Gasteiger partial charge in [-0.25, -0.2) is 4.39 Å². The maximum atomic E-state index is 14.1. The van der Waals surface area contributed by atoms with E-state index in [2.05, 4.69) is 0 Å². The first-order valence-corrected chi connectivity index (χ1v) is 6.85. The lowest BCUT2D eigenvalue weighted by Crippen LogP contribution is -2.37. The van der Waals surface area contributed by atoms with Gasteiger partial charge >= 0.3 is 0 Å². The summed E-state index contributed by atoms with van der Waals surface area (Å²) in [6.45, 7) is 3.74. The number of ketones is 1. The van der Waals surface area contributed by atoms with Crippen molar-refractivity contribution in [1.29, 1.82) is 0 Å². The zero-order valence-electron chi connectivity index (χ0n) is 10.8. The third-order valence-electron chi connectivity index (χ3n) is 3.89. The first-order chi connectivity index (χ1) is 8.49. The molecule has 0 radical (unpaired) electrons. The van der Waals surface area contributed by atoms with Crippen molar-refractivity contribution in [3.63, 3.8) is 0 Å². The fourth-order valence-corrected chi connectivity index (χ4v) is 3.45. The molecule has 0 N–H and O–H groups in total. The standard InChI is InChI=1S/C15H18ClFO/c1-10(2)14(18)15(8-3-4-9-15)13-11(16)6-5-7-12(13)17/h5-7,10H,3-4,8-9H2,1-2H3. The van der Waals surface area contributed by atoms with Crippen molar-refractivity contribution in [1.82, 2.24) is 0 Å². The Labute approximate surface area is 112 Å². The number of benzene rings is 1. The van der Waals surface area contributed by atoms with E-state index in [0.717, 1.165) is 12.8 Å². The van der Waals surface area contributed by atoms with Gasteiger partial charge in [-0.3, -0.25) is 4.79 Å². The Morgan fingerprint density at radius 2 is 1.94 bits per heavy atom. The van der Waals surface area contributed by atoms with Crippen molar-refractivity contribution in [3.8, 4) is 0 Å². The van der Waals surface area contributed by atoms with Gasteiger partial charge in [0.2, 0.25) is 0 Å². The molecule has 0 heterocycles. The molecular formula is C15H18ClFO. The van der Waals surface area contributed by atoms with Gasteiger partial charge < -0.3 is 0 Å². The maximum absolute atomic E-state index is 14.1. The van der Waals surface area contributed by atoms with E-state index in [1.54, 1.807) is 12.1 Å². The first-order valence-electron chi connectivity index (χ1n) is 6.48. The molecule has 1 aromatic rings. The van der Waals surface area contributed by atoms with Gasteiger partial charge in [0, 0.05) is 16.5 Å². The molecule has 0 unspecified atom stereocenters. The van der Waals surface area contributed by atoms with Gasteiger partial charge in [-0.05, 0) is 25.0 Å².